The van der Waals surface area contributed by atoms with E-state index in [9.17, 15) is 10.2 Å². The molecule has 0 radical (unpaired) electrons. The Morgan fingerprint density at radius 2 is 1.44 bits per heavy atom. The lowest BCUT2D eigenvalue weighted by molar-refractivity contribution is 0.0727. The predicted molar refractivity (Wildman–Crippen MR) is 75.8 cm³/mol. The summed E-state index contributed by atoms with van der Waals surface area (Å²) in [5.74, 6) is 12.3. The first-order valence-corrected chi connectivity index (χ1v) is 6.65. The van der Waals surface area contributed by atoms with E-state index in [4.69, 9.17) is 0 Å². The molecule has 0 aliphatic carbocycles. The summed E-state index contributed by atoms with van der Waals surface area (Å²) >= 11 is 0. The Kier molecular flexibility index (Phi) is 8.55. The van der Waals surface area contributed by atoms with Crippen LogP contribution in [0.25, 0.3) is 0 Å². The van der Waals surface area contributed by atoms with Gasteiger partial charge >= 0.3 is 0 Å². The number of aliphatic hydroxyl groups excluding tert-OH is 1. The fourth-order valence-corrected chi connectivity index (χ4v) is 1.17. The van der Waals surface area contributed by atoms with Crippen molar-refractivity contribution in [1.82, 2.24) is 0 Å². The molecule has 2 heteroatoms. The summed E-state index contributed by atoms with van der Waals surface area (Å²) in [4.78, 5) is 0. The predicted octanol–water partition coefficient (Wildman–Crippen LogP) is 2.73. The molecule has 0 aromatic rings. The minimum absolute atomic E-state index is 0.265. The molecule has 0 aromatic carbocycles. The van der Waals surface area contributed by atoms with Crippen LogP contribution in [0.15, 0.2) is 0 Å². The second kappa shape index (κ2) is 9.03. The Morgan fingerprint density at radius 1 is 0.944 bits per heavy atom. The summed E-state index contributed by atoms with van der Waals surface area (Å²) in [6.45, 7) is 7.56. The molecule has 102 valence electrons. The van der Waals surface area contributed by atoms with Crippen molar-refractivity contribution in [2.45, 2.75) is 71.5 Å². The highest BCUT2D eigenvalue weighted by Crippen LogP contribution is 2.08. The first kappa shape index (κ1) is 17.0. The Labute approximate surface area is 112 Å². The van der Waals surface area contributed by atoms with Crippen LogP contribution in [-0.4, -0.2) is 21.9 Å². The van der Waals surface area contributed by atoms with E-state index >= 15 is 0 Å². The van der Waals surface area contributed by atoms with Crippen LogP contribution in [0.4, 0.5) is 0 Å². The highest BCUT2D eigenvalue weighted by atomic mass is 16.3. The average molecular weight is 250 g/mol. The van der Waals surface area contributed by atoms with E-state index in [0.717, 1.165) is 19.3 Å². The number of unbranched alkanes of at least 4 members (excludes halogenated alkanes) is 1. The minimum atomic E-state index is -0.624. The lowest BCUT2D eigenvalue weighted by Gasteiger charge is -2.13. The topological polar surface area (TPSA) is 40.5 Å². The van der Waals surface area contributed by atoms with Crippen LogP contribution in [0.1, 0.15) is 59.8 Å². The van der Waals surface area contributed by atoms with Gasteiger partial charge in [0.15, 0.2) is 0 Å². The van der Waals surface area contributed by atoms with Gasteiger partial charge in [-0.15, -0.1) is 23.7 Å². The molecule has 2 N–H and O–H groups in total. The van der Waals surface area contributed by atoms with Gasteiger partial charge in [0.05, 0.1) is 11.7 Å². The zero-order valence-corrected chi connectivity index (χ0v) is 12.1. The van der Waals surface area contributed by atoms with Crippen LogP contribution in [0.3, 0.4) is 0 Å². The number of rotatable bonds is 5. The number of aliphatic hydroxyl groups is 2. The van der Waals surface area contributed by atoms with Crippen molar-refractivity contribution in [3.63, 3.8) is 0 Å². The Morgan fingerprint density at radius 3 is 1.94 bits per heavy atom. The highest BCUT2D eigenvalue weighted by Gasteiger charge is 2.09. The maximum absolute atomic E-state index is 9.52. The molecule has 0 saturated heterocycles. The lowest BCUT2D eigenvalue weighted by atomic mass is 10.0. The molecule has 0 aliphatic rings. The molecule has 0 saturated carbocycles. The number of hydrogen-bond donors (Lipinski definition) is 2. The highest BCUT2D eigenvalue weighted by molar-refractivity contribution is 5.06. The van der Waals surface area contributed by atoms with Gasteiger partial charge in [0.1, 0.15) is 0 Å². The van der Waals surface area contributed by atoms with Crippen LogP contribution in [0, 0.1) is 29.6 Å². The van der Waals surface area contributed by atoms with Crippen LogP contribution in [0.2, 0.25) is 0 Å². The second-order valence-electron chi connectivity index (χ2n) is 5.54. The van der Waals surface area contributed by atoms with Crippen molar-refractivity contribution in [1.29, 1.82) is 0 Å². The molecular formula is C16H26O2. The van der Waals surface area contributed by atoms with Crippen LogP contribution in [-0.2, 0) is 0 Å². The molecular weight excluding hydrogens is 224 g/mol. The van der Waals surface area contributed by atoms with Crippen molar-refractivity contribution in [3.05, 3.63) is 0 Å². The molecule has 0 amide bonds. The molecule has 0 spiro atoms. The van der Waals surface area contributed by atoms with Crippen molar-refractivity contribution in [2.24, 2.45) is 5.92 Å². The summed E-state index contributed by atoms with van der Waals surface area (Å²) in [5, 5.41) is 19.0. The summed E-state index contributed by atoms with van der Waals surface area (Å²) in [6, 6.07) is 0. The van der Waals surface area contributed by atoms with E-state index in [2.05, 4.69) is 23.7 Å². The fourth-order valence-electron chi connectivity index (χ4n) is 1.17. The average Bonchev–Trinajstić information content (AvgIpc) is 2.24. The third-order valence-electron chi connectivity index (χ3n) is 2.57. The minimum Gasteiger partial charge on any atom is -0.392 e. The number of hydrogen-bond acceptors (Lipinski definition) is 2. The molecule has 0 fully saturated rings. The van der Waals surface area contributed by atoms with Gasteiger partial charge in [-0.3, -0.25) is 0 Å². The molecule has 18 heavy (non-hydrogen) atoms. The SMILES string of the molecule is CC(C)C(O)CC#CCCC#CCCC(C)(C)O. The molecule has 0 heterocycles. The maximum Gasteiger partial charge on any atom is 0.0672 e. The standard InChI is InChI=1S/C16H26O2/c1-14(2)15(17)12-10-8-6-5-7-9-11-13-16(3,4)18/h14-15,17-18H,5-6,11-13H2,1-4H3. The van der Waals surface area contributed by atoms with Crippen LogP contribution in [0.5, 0.6) is 0 Å². The monoisotopic (exact) mass is 250 g/mol. The van der Waals surface area contributed by atoms with Crippen molar-refractivity contribution in [3.8, 4) is 23.7 Å². The molecule has 1 unspecified atom stereocenters. The molecule has 0 aromatic heterocycles. The van der Waals surface area contributed by atoms with Crippen molar-refractivity contribution < 1.29 is 10.2 Å². The Balaban J connectivity index is 3.63. The zero-order valence-electron chi connectivity index (χ0n) is 12.1. The molecule has 0 rings (SSSR count). The van der Waals surface area contributed by atoms with Gasteiger partial charge in [-0.05, 0) is 26.2 Å². The largest absolute Gasteiger partial charge is 0.392 e. The molecule has 0 aliphatic heterocycles. The van der Waals surface area contributed by atoms with E-state index in [-0.39, 0.29) is 12.0 Å². The second-order valence-corrected chi connectivity index (χ2v) is 5.54. The van der Waals surface area contributed by atoms with E-state index in [1.54, 1.807) is 13.8 Å². The van der Waals surface area contributed by atoms with Gasteiger partial charge in [0, 0.05) is 25.7 Å². The van der Waals surface area contributed by atoms with Gasteiger partial charge in [0.25, 0.3) is 0 Å². The quantitative estimate of drug-likeness (QED) is 0.582. The van der Waals surface area contributed by atoms with Gasteiger partial charge in [-0.2, -0.15) is 0 Å². The summed E-state index contributed by atoms with van der Waals surface area (Å²) in [7, 11) is 0. The lowest BCUT2D eigenvalue weighted by Crippen LogP contribution is -2.17. The fraction of sp³-hybridized carbons (Fsp3) is 0.750. The molecule has 1 atom stereocenters. The van der Waals surface area contributed by atoms with Crippen LogP contribution < -0.4 is 0 Å². The maximum atomic E-state index is 9.52. The third kappa shape index (κ3) is 11.5. The van der Waals surface area contributed by atoms with E-state index < -0.39 is 5.60 Å². The summed E-state index contributed by atoms with van der Waals surface area (Å²) in [5.41, 5.74) is -0.624. The normalized spacial score (nSPS) is 12.4. The molecule has 2 nitrogen and oxygen atoms in total. The molecule has 0 bridgehead atoms. The first-order chi connectivity index (χ1) is 8.33. The van der Waals surface area contributed by atoms with Gasteiger partial charge in [-0.25, -0.2) is 0 Å². The van der Waals surface area contributed by atoms with Crippen LogP contribution >= 0.6 is 0 Å². The summed E-state index contributed by atoms with van der Waals surface area (Å²) in [6.07, 6.45) is 3.16. The van der Waals surface area contributed by atoms with Crippen molar-refractivity contribution in [2.75, 3.05) is 0 Å². The Bertz CT molecular complexity index is 328. The summed E-state index contributed by atoms with van der Waals surface area (Å²) < 4.78 is 0. The van der Waals surface area contributed by atoms with Gasteiger partial charge in [0.2, 0.25) is 0 Å². The van der Waals surface area contributed by atoms with E-state index in [1.807, 2.05) is 13.8 Å². The van der Waals surface area contributed by atoms with Crippen molar-refractivity contribution >= 4 is 0 Å². The Hall–Kier alpha value is -0.960. The third-order valence-corrected chi connectivity index (χ3v) is 2.57. The first-order valence-electron chi connectivity index (χ1n) is 6.65. The zero-order chi connectivity index (χ0) is 14.0. The van der Waals surface area contributed by atoms with Gasteiger partial charge in [-0.1, -0.05) is 13.8 Å². The smallest absolute Gasteiger partial charge is 0.0672 e. The van der Waals surface area contributed by atoms with E-state index in [0.29, 0.717) is 12.8 Å². The van der Waals surface area contributed by atoms with E-state index in [1.165, 1.54) is 0 Å². The van der Waals surface area contributed by atoms with Gasteiger partial charge < -0.3 is 10.2 Å².